The monoisotopic (exact) mass is 407 g/mol. The third-order valence-corrected chi connectivity index (χ3v) is 4.46. The number of urea groups is 1. The van der Waals surface area contributed by atoms with E-state index in [1.807, 2.05) is 0 Å². The number of carbonyl (C=O) groups is 2. The van der Waals surface area contributed by atoms with E-state index in [2.05, 4.69) is 31.5 Å². The lowest BCUT2D eigenvalue weighted by Gasteiger charge is -2.10. The summed E-state index contributed by atoms with van der Waals surface area (Å²) in [4.78, 5) is 27.5. The van der Waals surface area contributed by atoms with Crippen LogP contribution in [0.25, 0.3) is 0 Å². The number of nitrogens with zero attached hydrogens (tertiary/aromatic N) is 1. The summed E-state index contributed by atoms with van der Waals surface area (Å²) >= 11 is 3.25. The van der Waals surface area contributed by atoms with Crippen molar-refractivity contribution in [2.24, 2.45) is 0 Å². The molecular formula is C17H15BrFN3O3. The molecule has 1 saturated carbocycles. The van der Waals surface area contributed by atoms with Gasteiger partial charge in [0.25, 0.3) is 0 Å². The van der Waals surface area contributed by atoms with E-state index in [1.54, 1.807) is 18.3 Å². The molecule has 3 N–H and O–H groups in total. The SMILES string of the molecule is CC(=O)c1ccc(F)c([C@@H]2C[C@@H]2NC(=O)Nc2ccc(Br)cn2)c1O. The molecule has 1 heterocycles. The highest BCUT2D eigenvalue weighted by molar-refractivity contribution is 9.10. The number of benzene rings is 1. The summed E-state index contributed by atoms with van der Waals surface area (Å²) in [6.07, 6.45) is 2.03. The fourth-order valence-electron chi connectivity index (χ4n) is 2.66. The molecule has 0 radical (unpaired) electrons. The number of ketones is 1. The van der Waals surface area contributed by atoms with Crippen LogP contribution in [0.4, 0.5) is 15.0 Å². The van der Waals surface area contributed by atoms with Gasteiger partial charge in [-0.2, -0.15) is 0 Å². The van der Waals surface area contributed by atoms with E-state index in [0.717, 1.165) is 10.5 Å². The zero-order valence-corrected chi connectivity index (χ0v) is 14.8. The van der Waals surface area contributed by atoms with E-state index in [9.17, 15) is 19.1 Å². The Balaban J connectivity index is 1.67. The highest BCUT2D eigenvalue weighted by Crippen LogP contribution is 2.46. The number of phenols is 1. The minimum absolute atomic E-state index is 0.0692. The molecule has 1 fully saturated rings. The second kappa shape index (κ2) is 6.79. The predicted octanol–water partition coefficient (Wildman–Crippen LogP) is 3.57. The number of pyridine rings is 1. The molecule has 2 aromatic rings. The van der Waals surface area contributed by atoms with Gasteiger partial charge in [-0.15, -0.1) is 0 Å². The van der Waals surface area contributed by atoms with Gasteiger partial charge in [0.15, 0.2) is 5.78 Å². The summed E-state index contributed by atoms with van der Waals surface area (Å²) in [7, 11) is 0. The number of aromatic hydroxyl groups is 1. The zero-order valence-electron chi connectivity index (χ0n) is 13.2. The number of amides is 2. The van der Waals surface area contributed by atoms with Crippen molar-refractivity contribution >= 4 is 33.6 Å². The predicted molar refractivity (Wildman–Crippen MR) is 93.3 cm³/mol. The van der Waals surface area contributed by atoms with E-state index >= 15 is 0 Å². The Kier molecular flexibility index (Phi) is 4.71. The fraction of sp³-hybridized carbons (Fsp3) is 0.235. The lowest BCUT2D eigenvalue weighted by molar-refractivity contribution is 0.101. The summed E-state index contributed by atoms with van der Waals surface area (Å²) in [5.74, 6) is -1.28. The van der Waals surface area contributed by atoms with E-state index in [0.29, 0.717) is 12.2 Å². The van der Waals surface area contributed by atoms with Crippen molar-refractivity contribution in [3.63, 3.8) is 0 Å². The van der Waals surface area contributed by atoms with Crippen molar-refractivity contribution in [1.82, 2.24) is 10.3 Å². The molecule has 2 amide bonds. The van der Waals surface area contributed by atoms with Crippen LogP contribution in [0.15, 0.2) is 34.9 Å². The van der Waals surface area contributed by atoms with E-state index in [1.165, 1.54) is 13.0 Å². The van der Waals surface area contributed by atoms with Crippen LogP contribution in [0.5, 0.6) is 5.75 Å². The van der Waals surface area contributed by atoms with Crippen LogP contribution < -0.4 is 10.6 Å². The van der Waals surface area contributed by atoms with Gasteiger partial charge in [-0.05, 0) is 53.5 Å². The van der Waals surface area contributed by atoms with Crippen molar-refractivity contribution in [2.45, 2.75) is 25.3 Å². The minimum Gasteiger partial charge on any atom is -0.507 e. The van der Waals surface area contributed by atoms with Crippen LogP contribution in [0.2, 0.25) is 0 Å². The normalized spacial score (nSPS) is 18.5. The van der Waals surface area contributed by atoms with Crippen LogP contribution in [-0.2, 0) is 0 Å². The van der Waals surface area contributed by atoms with E-state index in [4.69, 9.17) is 0 Å². The number of anilines is 1. The van der Waals surface area contributed by atoms with Gasteiger partial charge >= 0.3 is 6.03 Å². The highest BCUT2D eigenvalue weighted by atomic mass is 79.9. The molecule has 1 aromatic heterocycles. The number of Topliss-reactive ketones (excluding diaryl/α,β-unsaturated/α-hetero) is 1. The number of phenolic OH excluding ortho intramolecular Hbond substituents is 1. The fourth-order valence-corrected chi connectivity index (χ4v) is 2.90. The molecule has 0 saturated heterocycles. The Hall–Kier alpha value is -2.48. The van der Waals surface area contributed by atoms with Gasteiger partial charge in [0.2, 0.25) is 0 Å². The first kappa shape index (κ1) is 17.3. The van der Waals surface area contributed by atoms with Crippen molar-refractivity contribution in [3.05, 3.63) is 51.9 Å². The maximum Gasteiger partial charge on any atom is 0.320 e. The smallest absolute Gasteiger partial charge is 0.320 e. The molecule has 130 valence electrons. The van der Waals surface area contributed by atoms with Gasteiger partial charge < -0.3 is 10.4 Å². The first-order valence-electron chi connectivity index (χ1n) is 7.58. The maximum atomic E-state index is 14.1. The Morgan fingerprint density at radius 3 is 2.72 bits per heavy atom. The average molecular weight is 408 g/mol. The maximum absolute atomic E-state index is 14.1. The Labute approximate surface area is 151 Å². The Morgan fingerprint density at radius 1 is 1.32 bits per heavy atom. The molecule has 25 heavy (non-hydrogen) atoms. The second-order valence-corrected chi connectivity index (χ2v) is 6.74. The van der Waals surface area contributed by atoms with Crippen LogP contribution in [-0.4, -0.2) is 27.9 Å². The number of hydrogen-bond acceptors (Lipinski definition) is 4. The molecule has 2 atom stereocenters. The van der Waals surface area contributed by atoms with Gasteiger partial charge in [-0.1, -0.05) is 0 Å². The summed E-state index contributed by atoms with van der Waals surface area (Å²) in [5.41, 5.74) is 0.144. The average Bonchev–Trinajstić information content (AvgIpc) is 3.27. The molecule has 6 nitrogen and oxygen atoms in total. The third kappa shape index (κ3) is 3.79. The molecule has 0 spiro atoms. The van der Waals surface area contributed by atoms with Crippen molar-refractivity contribution in [2.75, 3.05) is 5.32 Å². The summed E-state index contributed by atoms with van der Waals surface area (Å²) in [6.45, 7) is 1.30. The van der Waals surface area contributed by atoms with Crippen LogP contribution in [0, 0.1) is 5.82 Å². The van der Waals surface area contributed by atoms with Crippen LogP contribution in [0.3, 0.4) is 0 Å². The minimum atomic E-state index is -0.591. The second-order valence-electron chi connectivity index (χ2n) is 5.82. The largest absolute Gasteiger partial charge is 0.507 e. The zero-order chi connectivity index (χ0) is 18.1. The van der Waals surface area contributed by atoms with Crippen molar-refractivity contribution in [1.29, 1.82) is 0 Å². The molecule has 1 aliphatic rings. The number of nitrogens with one attached hydrogen (secondary N) is 2. The van der Waals surface area contributed by atoms with E-state index in [-0.39, 0.29) is 34.6 Å². The third-order valence-electron chi connectivity index (χ3n) is 3.99. The van der Waals surface area contributed by atoms with Crippen molar-refractivity contribution < 1.29 is 19.1 Å². The molecule has 1 aromatic carbocycles. The topological polar surface area (TPSA) is 91.3 Å². The molecule has 0 aliphatic heterocycles. The molecule has 0 unspecified atom stereocenters. The van der Waals surface area contributed by atoms with Gasteiger partial charge in [0.1, 0.15) is 17.4 Å². The first-order valence-corrected chi connectivity index (χ1v) is 8.37. The number of carbonyl (C=O) groups excluding carboxylic acids is 2. The lowest BCUT2D eigenvalue weighted by atomic mass is 10.0. The molecule has 3 rings (SSSR count). The Bertz CT molecular complexity index is 842. The molecule has 8 heteroatoms. The molecular weight excluding hydrogens is 393 g/mol. The van der Waals surface area contributed by atoms with Crippen LogP contribution in [0.1, 0.15) is 35.2 Å². The standard InChI is InChI=1S/C17H15BrFN3O3/c1-8(23)10-3-4-12(19)15(16(10)24)11-6-13(11)21-17(25)22-14-5-2-9(18)7-20-14/h2-5,7,11,13,24H,6H2,1H3,(H2,20,21,22,25)/t11-,13+/m1/s1. The molecule has 0 bridgehead atoms. The number of hydrogen-bond donors (Lipinski definition) is 3. The van der Waals surface area contributed by atoms with Gasteiger partial charge in [0, 0.05) is 28.2 Å². The highest BCUT2D eigenvalue weighted by Gasteiger charge is 2.43. The molecule has 1 aliphatic carbocycles. The van der Waals surface area contributed by atoms with Gasteiger partial charge in [-0.3, -0.25) is 10.1 Å². The first-order chi connectivity index (χ1) is 11.9. The number of aromatic nitrogens is 1. The lowest BCUT2D eigenvalue weighted by Crippen LogP contribution is -2.31. The van der Waals surface area contributed by atoms with Gasteiger partial charge in [-0.25, -0.2) is 14.2 Å². The summed E-state index contributed by atoms with van der Waals surface area (Å²) in [5, 5.41) is 15.4. The van der Waals surface area contributed by atoms with E-state index < -0.39 is 11.8 Å². The Morgan fingerprint density at radius 2 is 2.08 bits per heavy atom. The quantitative estimate of drug-likeness (QED) is 0.675. The van der Waals surface area contributed by atoms with Crippen LogP contribution >= 0.6 is 15.9 Å². The number of halogens is 2. The summed E-state index contributed by atoms with van der Waals surface area (Å²) in [6, 6.07) is 5.00. The number of rotatable bonds is 4. The van der Waals surface area contributed by atoms with Crippen molar-refractivity contribution in [3.8, 4) is 5.75 Å². The van der Waals surface area contributed by atoms with Gasteiger partial charge in [0.05, 0.1) is 5.56 Å². The summed E-state index contributed by atoms with van der Waals surface area (Å²) < 4.78 is 14.9.